The van der Waals surface area contributed by atoms with Crippen LogP contribution in [0, 0.1) is 5.82 Å². The number of piperazine rings is 1. The summed E-state index contributed by atoms with van der Waals surface area (Å²) in [5, 5.41) is 13.0. The highest BCUT2D eigenvalue weighted by atomic mass is 19.4. The summed E-state index contributed by atoms with van der Waals surface area (Å²) in [5.41, 5.74) is 0.223. The maximum Gasteiger partial charge on any atom is 0.389 e. The molecule has 21 heavy (non-hydrogen) atoms. The third kappa shape index (κ3) is 4.57. The Balaban J connectivity index is 2.23. The number of rotatable bonds is 4. The Morgan fingerprint density at radius 3 is 2.52 bits per heavy atom. The van der Waals surface area contributed by atoms with Crippen LogP contribution >= 0.6 is 0 Å². The highest BCUT2D eigenvalue weighted by molar-refractivity contribution is 5.35. The smallest absolute Gasteiger partial charge is 0.389 e. The van der Waals surface area contributed by atoms with Crippen LogP contribution < -0.4 is 5.32 Å². The van der Waals surface area contributed by atoms with Gasteiger partial charge < -0.3 is 10.4 Å². The topological polar surface area (TPSA) is 35.5 Å². The van der Waals surface area contributed by atoms with Crippen molar-refractivity contribution in [2.24, 2.45) is 0 Å². The fourth-order valence-electron chi connectivity index (χ4n) is 2.62. The minimum absolute atomic E-state index is 0.165. The Bertz CT molecular complexity index is 473. The molecule has 1 aliphatic heterocycles. The molecule has 2 N–H and O–H groups in total. The van der Waals surface area contributed by atoms with E-state index in [1.165, 1.54) is 6.07 Å². The Kier molecular flexibility index (Phi) is 5.05. The van der Waals surface area contributed by atoms with Gasteiger partial charge in [0.15, 0.2) is 0 Å². The van der Waals surface area contributed by atoms with E-state index in [0.29, 0.717) is 26.2 Å². The minimum atomic E-state index is -4.27. The van der Waals surface area contributed by atoms with E-state index >= 15 is 0 Å². The SMILES string of the molecule is Oc1ccc(F)cc1[C@H](CCC(F)(F)F)N1CCNCC1. The van der Waals surface area contributed by atoms with Gasteiger partial charge >= 0.3 is 6.18 Å². The second-order valence-electron chi connectivity index (χ2n) is 5.16. The lowest BCUT2D eigenvalue weighted by atomic mass is 9.98. The van der Waals surface area contributed by atoms with Gasteiger partial charge in [0.1, 0.15) is 11.6 Å². The van der Waals surface area contributed by atoms with Crippen molar-refractivity contribution in [2.45, 2.75) is 25.1 Å². The quantitative estimate of drug-likeness (QED) is 0.840. The molecule has 1 fully saturated rings. The molecule has 0 spiro atoms. The van der Waals surface area contributed by atoms with Crippen LogP contribution in [0.15, 0.2) is 18.2 Å². The van der Waals surface area contributed by atoms with Crippen LogP contribution in [0.2, 0.25) is 0 Å². The standard InChI is InChI=1S/C14H18F4N2O/c15-10-1-2-13(21)11(9-10)12(3-4-14(16,17)18)20-7-5-19-6-8-20/h1-2,9,12,19,21H,3-8H2/t12-/m0/s1. The Labute approximate surface area is 120 Å². The number of hydrogen-bond acceptors (Lipinski definition) is 3. The number of halogens is 4. The fraction of sp³-hybridized carbons (Fsp3) is 0.571. The van der Waals surface area contributed by atoms with E-state index in [9.17, 15) is 22.7 Å². The fourth-order valence-corrected chi connectivity index (χ4v) is 2.62. The lowest BCUT2D eigenvalue weighted by molar-refractivity contribution is -0.138. The predicted octanol–water partition coefficient (Wildman–Crippen LogP) is 2.82. The van der Waals surface area contributed by atoms with Gasteiger partial charge in [-0.25, -0.2) is 4.39 Å². The van der Waals surface area contributed by atoms with E-state index in [1.807, 2.05) is 4.90 Å². The predicted molar refractivity (Wildman–Crippen MR) is 70.5 cm³/mol. The highest BCUT2D eigenvalue weighted by Crippen LogP contribution is 2.35. The second-order valence-corrected chi connectivity index (χ2v) is 5.16. The second kappa shape index (κ2) is 6.62. The monoisotopic (exact) mass is 306 g/mol. The molecular formula is C14H18F4N2O. The van der Waals surface area contributed by atoms with Crippen LogP contribution in [0.4, 0.5) is 17.6 Å². The van der Waals surface area contributed by atoms with Crippen molar-refractivity contribution in [3.8, 4) is 5.75 Å². The number of nitrogens with zero attached hydrogens (tertiary/aromatic N) is 1. The maximum absolute atomic E-state index is 13.4. The Morgan fingerprint density at radius 1 is 1.24 bits per heavy atom. The highest BCUT2D eigenvalue weighted by Gasteiger charge is 2.32. The van der Waals surface area contributed by atoms with E-state index in [-0.39, 0.29) is 17.7 Å². The zero-order chi connectivity index (χ0) is 15.5. The molecular weight excluding hydrogens is 288 g/mol. The average Bonchev–Trinajstić information content (AvgIpc) is 2.43. The van der Waals surface area contributed by atoms with Gasteiger partial charge in [0, 0.05) is 44.2 Å². The van der Waals surface area contributed by atoms with E-state index in [2.05, 4.69) is 5.32 Å². The number of phenols is 1. The average molecular weight is 306 g/mol. The minimum Gasteiger partial charge on any atom is -0.508 e. The summed E-state index contributed by atoms with van der Waals surface area (Å²) >= 11 is 0. The number of hydrogen-bond donors (Lipinski definition) is 2. The van der Waals surface area contributed by atoms with Crippen LogP contribution in [0.5, 0.6) is 5.75 Å². The normalized spacial score (nSPS) is 18.7. The molecule has 3 nitrogen and oxygen atoms in total. The summed E-state index contributed by atoms with van der Waals surface area (Å²) < 4.78 is 50.9. The summed E-state index contributed by atoms with van der Waals surface area (Å²) in [7, 11) is 0. The molecule has 1 aromatic rings. The molecule has 2 rings (SSSR count). The molecule has 0 bridgehead atoms. The van der Waals surface area contributed by atoms with Gasteiger partial charge in [-0.2, -0.15) is 13.2 Å². The molecule has 1 saturated heterocycles. The van der Waals surface area contributed by atoms with Crippen LogP contribution in [0.25, 0.3) is 0 Å². The molecule has 1 aliphatic rings. The van der Waals surface area contributed by atoms with Crippen LogP contribution in [-0.4, -0.2) is 42.4 Å². The van der Waals surface area contributed by atoms with Gasteiger partial charge in [0.05, 0.1) is 0 Å². The number of benzene rings is 1. The molecule has 1 heterocycles. The van der Waals surface area contributed by atoms with Crippen molar-refractivity contribution in [1.82, 2.24) is 10.2 Å². The van der Waals surface area contributed by atoms with Crippen LogP contribution in [0.3, 0.4) is 0 Å². The van der Waals surface area contributed by atoms with Crippen molar-refractivity contribution >= 4 is 0 Å². The molecule has 0 aliphatic carbocycles. The van der Waals surface area contributed by atoms with Crippen LogP contribution in [-0.2, 0) is 0 Å². The molecule has 1 aromatic carbocycles. The van der Waals surface area contributed by atoms with Gasteiger partial charge in [0.2, 0.25) is 0 Å². The van der Waals surface area contributed by atoms with Gasteiger partial charge in [-0.3, -0.25) is 4.90 Å². The molecule has 118 valence electrons. The third-order valence-corrected chi connectivity index (χ3v) is 3.64. The summed E-state index contributed by atoms with van der Waals surface area (Å²) in [4.78, 5) is 1.86. The van der Waals surface area contributed by atoms with Gasteiger partial charge in [-0.1, -0.05) is 0 Å². The van der Waals surface area contributed by atoms with Crippen molar-refractivity contribution in [3.05, 3.63) is 29.6 Å². The molecule has 0 aromatic heterocycles. The Morgan fingerprint density at radius 2 is 1.90 bits per heavy atom. The van der Waals surface area contributed by atoms with E-state index in [1.54, 1.807) is 0 Å². The van der Waals surface area contributed by atoms with Gasteiger partial charge in [0.25, 0.3) is 0 Å². The number of phenolic OH excluding ortho intramolecular Hbond substituents is 1. The maximum atomic E-state index is 13.4. The van der Waals surface area contributed by atoms with E-state index in [0.717, 1.165) is 12.1 Å². The zero-order valence-corrected chi connectivity index (χ0v) is 11.5. The summed E-state index contributed by atoms with van der Waals surface area (Å²) in [6, 6.07) is 2.77. The molecule has 0 saturated carbocycles. The lowest BCUT2D eigenvalue weighted by Crippen LogP contribution is -2.45. The summed E-state index contributed by atoms with van der Waals surface area (Å²) in [6.45, 7) is 2.47. The first-order valence-electron chi connectivity index (χ1n) is 6.87. The van der Waals surface area contributed by atoms with E-state index < -0.39 is 24.5 Å². The van der Waals surface area contributed by atoms with Crippen molar-refractivity contribution in [2.75, 3.05) is 26.2 Å². The molecule has 7 heteroatoms. The Hall–Kier alpha value is -1.34. The largest absolute Gasteiger partial charge is 0.508 e. The summed E-state index contributed by atoms with van der Waals surface area (Å²) in [6.07, 6.45) is -5.42. The van der Waals surface area contributed by atoms with Crippen molar-refractivity contribution in [1.29, 1.82) is 0 Å². The molecule has 0 radical (unpaired) electrons. The molecule has 1 atom stereocenters. The zero-order valence-electron chi connectivity index (χ0n) is 11.5. The van der Waals surface area contributed by atoms with Gasteiger partial charge in [-0.05, 0) is 24.6 Å². The first-order chi connectivity index (χ1) is 9.87. The van der Waals surface area contributed by atoms with E-state index in [4.69, 9.17) is 0 Å². The van der Waals surface area contributed by atoms with Crippen molar-refractivity contribution < 1.29 is 22.7 Å². The third-order valence-electron chi connectivity index (χ3n) is 3.64. The van der Waals surface area contributed by atoms with Crippen LogP contribution in [0.1, 0.15) is 24.4 Å². The van der Waals surface area contributed by atoms with Crippen molar-refractivity contribution in [3.63, 3.8) is 0 Å². The van der Waals surface area contributed by atoms with Gasteiger partial charge in [-0.15, -0.1) is 0 Å². The molecule has 0 unspecified atom stereocenters. The first-order valence-corrected chi connectivity index (χ1v) is 6.87. The number of nitrogens with one attached hydrogen (secondary N) is 1. The summed E-state index contributed by atoms with van der Waals surface area (Å²) in [5.74, 6) is -0.725. The number of aromatic hydroxyl groups is 1. The lowest BCUT2D eigenvalue weighted by Gasteiger charge is -2.35. The molecule has 0 amide bonds. The number of alkyl halides is 3. The first kappa shape index (κ1) is 16.0.